The van der Waals surface area contributed by atoms with Crippen molar-refractivity contribution >= 4 is 31.2 Å². The SMILES string of the molecule is Cc1c(NCCS(C)(=O)=O)cc(N)cc1S(N)(=O)=O. The van der Waals surface area contributed by atoms with Crippen LogP contribution >= 0.6 is 0 Å². The van der Waals surface area contributed by atoms with Crippen molar-refractivity contribution in [1.82, 2.24) is 0 Å². The van der Waals surface area contributed by atoms with Gasteiger partial charge in [-0.1, -0.05) is 0 Å². The molecule has 1 aromatic carbocycles. The summed E-state index contributed by atoms with van der Waals surface area (Å²) in [5.74, 6) is -0.0635. The van der Waals surface area contributed by atoms with Crippen molar-refractivity contribution in [2.75, 3.05) is 29.6 Å². The molecule has 0 spiro atoms. The van der Waals surface area contributed by atoms with E-state index in [0.717, 1.165) is 6.26 Å². The highest BCUT2D eigenvalue weighted by Gasteiger charge is 2.15. The Labute approximate surface area is 113 Å². The molecule has 19 heavy (non-hydrogen) atoms. The van der Waals surface area contributed by atoms with E-state index in [1.54, 1.807) is 6.92 Å². The molecular weight excluding hydrogens is 290 g/mol. The van der Waals surface area contributed by atoms with Gasteiger partial charge in [0.05, 0.1) is 10.6 Å². The van der Waals surface area contributed by atoms with E-state index in [9.17, 15) is 16.8 Å². The molecule has 0 saturated heterocycles. The van der Waals surface area contributed by atoms with Crippen LogP contribution in [-0.4, -0.2) is 35.4 Å². The highest BCUT2D eigenvalue weighted by Crippen LogP contribution is 2.25. The van der Waals surface area contributed by atoms with Crippen LogP contribution in [0.4, 0.5) is 11.4 Å². The lowest BCUT2D eigenvalue weighted by Gasteiger charge is -2.13. The number of hydrogen-bond donors (Lipinski definition) is 3. The van der Waals surface area contributed by atoms with Crippen LogP contribution in [0.3, 0.4) is 0 Å². The van der Waals surface area contributed by atoms with Gasteiger partial charge < -0.3 is 11.1 Å². The van der Waals surface area contributed by atoms with Crippen LogP contribution < -0.4 is 16.2 Å². The van der Waals surface area contributed by atoms with Crippen LogP contribution in [-0.2, 0) is 19.9 Å². The Kier molecular flexibility index (Phi) is 4.43. The maximum Gasteiger partial charge on any atom is 0.238 e. The average molecular weight is 307 g/mol. The number of benzene rings is 1. The van der Waals surface area contributed by atoms with Crippen LogP contribution in [0.5, 0.6) is 0 Å². The normalized spacial score (nSPS) is 12.4. The van der Waals surface area contributed by atoms with Gasteiger partial charge in [-0.05, 0) is 24.6 Å². The third-order valence-corrected chi connectivity index (χ3v) is 4.46. The van der Waals surface area contributed by atoms with Crippen LogP contribution in [0, 0.1) is 6.92 Å². The molecule has 0 unspecified atom stereocenters. The van der Waals surface area contributed by atoms with Crippen LogP contribution in [0.1, 0.15) is 5.56 Å². The minimum Gasteiger partial charge on any atom is -0.399 e. The quantitative estimate of drug-likeness (QED) is 0.639. The number of sulfonamides is 1. The molecule has 108 valence electrons. The molecule has 0 aliphatic carbocycles. The third kappa shape index (κ3) is 4.69. The molecule has 0 amide bonds. The number of hydrogen-bond acceptors (Lipinski definition) is 6. The predicted octanol–water partition coefficient (Wildman–Crippen LogP) is -0.319. The van der Waals surface area contributed by atoms with Crippen molar-refractivity contribution in [1.29, 1.82) is 0 Å². The van der Waals surface area contributed by atoms with Crippen molar-refractivity contribution in [3.8, 4) is 0 Å². The molecule has 1 aromatic rings. The predicted molar refractivity (Wildman–Crippen MR) is 75.2 cm³/mol. The summed E-state index contributed by atoms with van der Waals surface area (Å²) in [6.07, 6.45) is 1.12. The van der Waals surface area contributed by atoms with Gasteiger partial charge in [0.1, 0.15) is 9.84 Å². The number of sulfone groups is 1. The average Bonchev–Trinajstić information content (AvgIpc) is 2.19. The van der Waals surface area contributed by atoms with Gasteiger partial charge in [-0.25, -0.2) is 22.0 Å². The first-order valence-corrected chi connectivity index (χ1v) is 8.96. The minimum absolute atomic E-state index is 0.0635. The first-order valence-electron chi connectivity index (χ1n) is 5.35. The highest BCUT2D eigenvalue weighted by atomic mass is 32.2. The number of nitrogens with two attached hydrogens (primary N) is 2. The second kappa shape index (κ2) is 5.35. The van der Waals surface area contributed by atoms with Gasteiger partial charge >= 0.3 is 0 Å². The van der Waals surface area contributed by atoms with E-state index in [-0.39, 0.29) is 22.9 Å². The summed E-state index contributed by atoms with van der Waals surface area (Å²) in [4.78, 5) is -0.0747. The van der Waals surface area contributed by atoms with Gasteiger partial charge in [0, 0.05) is 24.2 Å². The Bertz CT molecular complexity index is 681. The lowest BCUT2D eigenvalue weighted by molar-refractivity contribution is 0.596. The maximum absolute atomic E-state index is 11.4. The first kappa shape index (κ1) is 15.7. The topological polar surface area (TPSA) is 132 Å². The van der Waals surface area contributed by atoms with E-state index >= 15 is 0 Å². The zero-order valence-corrected chi connectivity index (χ0v) is 12.3. The second-order valence-electron chi connectivity index (χ2n) is 4.29. The molecule has 9 heteroatoms. The van der Waals surface area contributed by atoms with Gasteiger partial charge in [-0.3, -0.25) is 0 Å². The number of nitrogens with one attached hydrogen (secondary N) is 1. The fraction of sp³-hybridized carbons (Fsp3) is 0.400. The summed E-state index contributed by atoms with van der Waals surface area (Å²) >= 11 is 0. The largest absolute Gasteiger partial charge is 0.399 e. The van der Waals surface area contributed by atoms with Gasteiger partial charge in [0.25, 0.3) is 0 Å². The number of anilines is 2. The van der Waals surface area contributed by atoms with E-state index in [0.29, 0.717) is 11.3 Å². The molecule has 0 bridgehead atoms. The molecule has 0 aliphatic heterocycles. The number of primary sulfonamides is 1. The van der Waals surface area contributed by atoms with Gasteiger partial charge in [0.15, 0.2) is 0 Å². The molecule has 0 atom stereocenters. The smallest absolute Gasteiger partial charge is 0.238 e. The van der Waals surface area contributed by atoms with E-state index in [2.05, 4.69) is 5.32 Å². The lowest BCUT2D eigenvalue weighted by atomic mass is 10.2. The molecule has 0 saturated carbocycles. The molecule has 0 heterocycles. The molecule has 0 aromatic heterocycles. The van der Waals surface area contributed by atoms with Crippen molar-refractivity contribution in [2.24, 2.45) is 5.14 Å². The standard InChI is InChI=1S/C10H17N3O4S2/c1-7-9(13-3-4-18(2,14)15)5-8(11)6-10(7)19(12,16)17/h5-6,13H,3-4,11H2,1-2H3,(H2,12,16,17). The Morgan fingerprint density at radius 3 is 2.26 bits per heavy atom. The molecule has 1 rings (SSSR count). The van der Waals surface area contributed by atoms with E-state index in [1.807, 2.05) is 0 Å². The molecular formula is C10H17N3O4S2. The summed E-state index contributed by atoms with van der Waals surface area (Å²) in [5, 5.41) is 7.93. The van der Waals surface area contributed by atoms with Crippen LogP contribution in [0.2, 0.25) is 0 Å². The Balaban J connectivity index is 3.06. The fourth-order valence-corrected chi connectivity index (χ4v) is 2.87. The van der Waals surface area contributed by atoms with E-state index in [1.165, 1.54) is 12.1 Å². The zero-order chi connectivity index (χ0) is 14.8. The molecule has 7 nitrogen and oxygen atoms in total. The third-order valence-electron chi connectivity index (χ3n) is 2.48. The fourth-order valence-electron chi connectivity index (χ4n) is 1.56. The number of rotatable bonds is 5. The first-order chi connectivity index (χ1) is 8.50. The minimum atomic E-state index is -3.87. The van der Waals surface area contributed by atoms with Crippen LogP contribution in [0.15, 0.2) is 17.0 Å². The molecule has 0 fully saturated rings. The van der Waals surface area contributed by atoms with Crippen molar-refractivity contribution in [2.45, 2.75) is 11.8 Å². The summed E-state index contributed by atoms with van der Waals surface area (Å²) < 4.78 is 44.8. The summed E-state index contributed by atoms with van der Waals surface area (Å²) in [6, 6.07) is 2.80. The highest BCUT2D eigenvalue weighted by molar-refractivity contribution is 7.90. The van der Waals surface area contributed by atoms with Crippen LogP contribution in [0.25, 0.3) is 0 Å². The molecule has 5 N–H and O–H groups in total. The lowest BCUT2D eigenvalue weighted by Crippen LogP contribution is -2.18. The monoisotopic (exact) mass is 307 g/mol. The Hall–Kier alpha value is -1.32. The summed E-state index contributed by atoms with van der Waals surface area (Å²) in [5.41, 5.74) is 6.70. The second-order valence-corrected chi connectivity index (χ2v) is 8.08. The Morgan fingerprint density at radius 1 is 1.21 bits per heavy atom. The van der Waals surface area contributed by atoms with Crippen molar-refractivity contribution < 1.29 is 16.8 Å². The van der Waals surface area contributed by atoms with Gasteiger partial charge in [-0.2, -0.15) is 0 Å². The van der Waals surface area contributed by atoms with Gasteiger partial charge in [-0.15, -0.1) is 0 Å². The van der Waals surface area contributed by atoms with E-state index < -0.39 is 19.9 Å². The molecule has 0 radical (unpaired) electrons. The van der Waals surface area contributed by atoms with Gasteiger partial charge in [0.2, 0.25) is 10.0 Å². The van der Waals surface area contributed by atoms with Crippen molar-refractivity contribution in [3.05, 3.63) is 17.7 Å². The van der Waals surface area contributed by atoms with Crippen molar-refractivity contribution in [3.63, 3.8) is 0 Å². The molecule has 0 aliphatic rings. The maximum atomic E-state index is 11.4. The number of nitrogen functional groups attached to an aromatic ring is 1. The zero-order valence-electron chi connectivity index (χ0n) is 10.7. The Morgan fingerprint density at radius 2 is 1.79 bits per heavy atom. The van der Waals surface area contributed by atoms with E-state index in [4.69, 9.17) is 10.9 Å². The summed E-state index contributed by atoms with van der Waals surface area (Å²) in [6.45, 7) is 1.73. The summed E-state index contributed by atoms with van der Waals surface area (Å²) in [7, 11) is -6.96.